The van der Waals surface area contributed by atoms with Crippen molar-refractivity contribution in [3.05, 3.63) is 84.0 Å². The lowest BCUT2D eigenvalue weighted by Crippen LogP contribution is -2.35. The van der Waals surface area contributed by atoms with Crippen LogP contribution in [0.3, 0.4) is 0 Å². The highest BCUT2D eigenvalue weighted by Gasteiger charge is 2.11. The van der Waals surface area contributed by atoms with Crippen LogP contribution in [0.25, 0.3) is 0 Å². The fourth-order valence-corrected chi connectivity index (χ4v) is 4.60. The zero-order valence-corrected chi connectivity index (χ0v) is 23.7. The lowest BCUT2D eigenvalue weighted by molar-refractivity contribution is 0.216. The molecule has 4 aromatic rings. The van der Waals surface area contributed by atoms with Gasteiger partial charge in [-0.2, -0.15) is 0 Å². The monoisotopic (exact) mass is 562 g/mol. The fourth-order valence-electron chi connectivity index (χ4n) is 4.60. The molecule has 0 aliphatic heterocycles. The van der Waals surface area contributed by atoms with E-state index in [4.69, 9.17) is 5.73 Å². The predicted octanol–water partition coefficient (Wildman–Crippen LogP) is 0.381. The first-order valence-electron chi connectivity index (χ1n) is 14.2. The van der Waals surface area contributed by atoms with Crippen LogP contribution in [-0.4, -0.2) is 107 Å². The number of aliphatic hydroxyl groups excluding tert-OH is 1. The second-order valence-corrected chi connectivity index (χ2v) is 10.1. The minimum absolute atomic E-state index is 0.172. The Kier molecular flexibility index (Phi) is 12.8. The molecule has 0 saturated heterocycles. The standard InChI is InChI=1S/C28H42N12O/c29-7-14-37(21-27-23-39(35-33-27)19-25-5-1-8-31-17-25)12-3-10-30-11-15-38(13-4-16-41)22-28-24-40(36-34-28)20-26-6-2-9-32-18-26/h1-2,5-6,8-9,17-18,23-24,30,41H,3-4,7,10-16,19-22,29H2. The van der Waals surface area contributed by atoms with Gasteiger partial charge in [0, 0.05) is 77.2 Å². The van der Waals surface area contributed by atoms with Gasteiger partial charge in [0.25, 0.3) is 0 Å². The van der Waals surface area contributed by atoms with Gasteiger partial charge in [-0.25, -0.2) is 9.36 Å². The SMILES string of the molecule is NCCN(CCCNCCN(CCCO)Cc1cn(Cc2cccnc2)nn1)Cc1cn(Cc2cccnc2)nn1. The van der Waals surface area contributed by atoms with E-state index in [0.717, 1.165) is 81.2 Å². The summed E-state index contributed by atoms with van der Waals surface area (Å²) in [5, 5.41) is 30.2. The summed E-state index contributed by atoms with van der Waals surface area (Å²) < 4.78 is 3.68. The van der Waals surface area contributed by atoms with Gasteiger partial charge in [0.1, 0.15) is 0 Å². The normalized spacial score (nSPS) is 11.6. The molecule has 4 aromatic heterocycles. The van der Waals surface area contributed by atoms with Crippen molar-refractivity contribution in [2.45, 2.75) is 39.0 Å². The van der Waals surface area contributed by atoms with E-state index in [1.54, 1.807) is 12.4 Å². The predicted molar refractivity (Wildman–Crippen MR) is 156 cm³/mol. The van der Waals surface area contributed by atoms with Crippen molar-refractivity contribution in [2.75, 3.05) is 52.4 Å². The molecule has 0 bridgehead atoms. The van der Waals surface area contributed by atoms with Gasteiger partial charge in [0.2, 0.25) is 0 Å². The Hall–Kier alpha value is -3.62. The summed E-state index contributed by atoms with van der Waals surface area (Å²) in [5.74, 6) is 0. The highest BCUT2D eigenvalue weighted by Crippen LogP contribution is 2.06. The molecule has 13 heteroatoms. The highest BCUT2D eigenvalue weighted by atomic mass is 16.3. The van der Waals surface area contributed by atoms with E-state index >= 15 is 0 Å². The van der Waals surface area contributed by atoms with Crippen molar-refractivity contribution in [2.24, 2.45) is 5.73 Å². The van der Waals surface area contributed by atoms with Crippen LogP contribution in [0.5, 0.6) is 0 Å². The van der Waals surface area contributed by atoms with Crippen molar-refractivity contribution < 1.29 is 5.11 Å². The maximum Gasteiger partial charge on any atom is 0.0967 e. The van der Waals surface area contributed by atoms with Gasteiger partial charge < -0.3 is 16.2 Å². The molecule has 0 atom stereocenters. The van der Waals surface area contributed by atoms with Gasteiger partial charge in [0.15, 0.2) is 0 Å². The zero-order chi connectivity index (χ0) is 28.5. The van der Waals surface area contributed by atoms with E-state index in [1.165, 1.54) is 0 Å². The summed E-state index contributed by atoms with van der Waals surface area (Å²) in [6.07, 6.45) is 12.9. The number of nitrogens with two attached hydrogens (primary N) is 1. The van der Waals surface area contributed by atoms with E-state index in [0.29, 0.717) is 26.2 Å². The first-order valence-corrected chi connectivity index (χ1v) is 14.2. The maximum absolute atomic E-state index is 9.35. The molecule has 13 nitrogen and oxygen atoms in total. The molecule has 4 N–H and O–H groups in total. The first-order chi connectivity index (χ1) is 20.2. The minimum Gasteiger partial charge on any atom is -0.396 e. The number of hydrogen-bond donors (Lipinski definition) is 3. The fraction of sp³-hybridized carbons (Fsp3) is 0.500. The third kappa shape index (κ3) is 11.1. The van der Waals surface area contributed by atoms with Crippen molar-refractivity contribution in [3.8, 4) is 0 Å². The summed E-state index contributed by atoms with van der Waals surface area (Å²) in [6.45, 7) is 8.65. The van der Waals surface area contributed by atoms with Crippen molar-refractivity contribution >= 4 is 0 Å². The molecule has 0 saturated carbocycles. The molecule has 41 heavy (non-hydrogen) atoms. The number of rotatable bonds is 20. The Morgan fingerprint density at radius 1 is 0.756 bits per heavy atom. The average Bonchev–Trinajstić information content (AvgIpc) is 3.63. The lowest BCUT2D eigenvalue weighted by Gasteiger charge is -2.22. The maximum atomic E-state index is 9.35. The Balaban J connectivity index is 1.15. The van der Waals surface area contributed by atoms with Crippen LogP contribution in [0.4, 0.5) is 0 Å². The number of hydrogen-bond acceptors (Lipinski definition) is 11. The van der Waals surface area contributed by atoms with Crippen LogP contribution in [0.15, 0.2) is 61.4 Å². The molecular formula is C28H42N12O. The van der Waals surface area contributed by atoms with Crippen molar-refractivity contribution in [3.63, 3.8) is 0 Å². The van der Waals surface area contributed by atoms with E-state index in [9.17, 15) is 5.11 Å². The number of nitrogens with zero attached hydrogens (tertiary/aromatic N) is 10. The van der Waals surface area contributed by atoms with E-state index in [1.807, 2.05) is 58.4 Å². The molecule has 4 heterocycles. The van der Waals surface area contributed by atoms with Crippen LogP contribution >= 0.6 is 0 Å². The Morgan fingerprint density at radius 2 is 1.34 bits per heavy atom. The van der Waals surface area contributed by atoms with Crippen LogP contribution in [-0.2, 0) is 26.2 Å². The van der Waals surface area contributed by atoms with Crippen LogP contribution in [0.2, 0.25) is 0 Å². The molecule has 220 valence electrons. The summed E-state index contributed by atoms with van der Waals surface area (Å²) in [7, 11) is 0. The summed E-state index contributed by atoms with van der Waals surface area (Å²) in [5.41, 5.74) is 9.91. The van der Waals surface area contributed by atoms with Gasteiger partial charge in [-0.15, -0.1) is 10.2 Å². The molecular weight excluding hydrogens is 520 g/mol. The quantitative estimate of drug-likeness (QED) is 0.128. The van der Waals surface area contributed by atoms with E-state index in [2.05, 4.69) is 45.7 Å². The van der Waals surface area contributed by atoms with Crippen LogP contribution in [0, 0.1) is 0 Å². The smallest absolute Gasteiger partial charge is 0.0967 e. The second-order valence-electron chi connectivity index (χ2n) is 10.1. The molecule has 4 rings (SSSR count). The van der Waals surface area contributed by atoms with Gasteiger partial charge in [-0.3, -0.25) is 19.8 Å². The molecule has 0 amide bonds. The van der Waals surface area contributed by atoms with E-state index in [-0.39, 0.29) is 6.61 Å². The Morgan fingerprint density at radius 3 is 1.88 bits per heavy atom. The molecule has 0 radical (unpaired) electrons. The third-order valence-electron chi connectivity index (χ3n) is 6.59. The summed E-state index contributed by atoms with van der Waals surface area (Å²) in [4.78, 5) is 12.9. The third-order valence-corrected chi connectivity index (χ3v) is 6.59. The average molecular weight is 563 g/mol. The van der Waals surface area contributed by atoms with Gasteiger partial charge in [-0.05, 0) is 49.2 Å². The number of aliphatic hydroxyl groups is 1. The molecule has 0 unspecified atom stereocenters. The summed E-state index contributed by atoms with van der Waals surface area (Å²) in [6, 6.07) is 7.90. The Labute approximate surface area is 241 Å². The van der Waals surface area contributed by atoms with Crippen LogP contribution in [0.1, 0.15) is 35.4 Å². The van der Waals surface area contributed by atoms with E-state index < -0.39 is 0 Å². The largest absolute Gasteiger partial charge is 0.396 e. The Bertz CT molecular complexity index is 1230. The minimum atomic E-state index is 0.172. The van der Waals surface area contributed by atoms with Gasteiger partial charge in [0.05, 0.1) is 36.9 Å². The van der Waals surface area contributed by atoms with Gasteiger partial charge in [-0.1, -0.05) is 22.6 Å². The molecule has 0 aromatic carbocycles. The zero-order valence-electron chi connectivity index (χ0n) is 23.7. The topological polar surface area (TPSA) is 152 Å². The van der Waals surface area contributed by atoms with Gasteiger partial charge >= 0.3 is 0 Å². The second kappa shape index (κ2) is 17.3. The molecule has 0 fully saturated rings. The number of nitrogens with one attached hydrogen (secondary N) is 1. The molecule has 0 aliphatic carbocycles. The summed E-state index contributed by atoms with van der Waals surface area (Å²) >= 11 is 0. The number of aromatic nitrogens is 8. The highest BCUT2D eigenvalue weighted by molar-refractivity contribution is 5.10. The van der Waals surface area contributed by atoms with Crippen molar-refractivity contribution in [1.82, 2.24) is 55.1 Å². The molecule has 0 spiro atoms. The number of pyridine rings is 2. The molecule has 0 aliphatic rings. The van der Waals surface area contributed by atoms with Crippen molar-refractivity contribution in [1.29, 1.82) is 0 Å². The lowest BCUT2D eigenvalue weighted by atomic mass is 10.3. The first kappa shape index (κ1) is 30.3. The van der Waals surface area contributed by atoms with Crippen LogP contribution < -0.4 is 11.1 Å².